The maximum absolute atomic E-state index is 5.88. The van der Waals surface area contributed by atoms with Gasteiger partial charge >= 0.3 is 0 Å². The molecule has 4 rings (SSSR count). The summed E-state index contributed by atoms with van der Waals surface area (Å²) in [5.41, 5.74) is 1.66. The van der Waals surface area contributed by atoms with Crippen molar-refractivity contribution in [2.75, 3.05) is 0 Å². The summed E-state index contributed by atoms with van der Waals surface area (Å²) >= 11 is 9.27. The molecule has 2 aromatic heterocycles. The van der Waals surface area contributed by atoms with E-state index in [1.54, 1.807) is 12.1 Å². The molecule has 0 aliphatic heterocycles. The monoisotopic (exact) mass is 416 g/mol. The number of hydrogen-bond donors (Lipinski definition) is 0. The molecule has 25 heavy (non-hydrogen) atoms. The summed E-state index contributed by atoms with van der Waals surface area (Å²) in [5, 5.41) is 12.7. The van der Waals surface area contributed by atoms with Gasteiger partial charge in [-0.05, 0) is 48.5 Å². The van der Waals surface area contributed by atoms with Crippen molar-refractivity contribution in [1.29, 1.82) is 0 Å². The lowest BCUT2D eigenvalue weighted by Gasteiger charge is -1.94. The molecule has 0 fully saturated rings. The average Bonchev–Trinajstić information content (AvgIpc) is 3.27. The van der Waals surface area contributed by atoms with Crippen LogP contribution in [0.25, 0.3) is 22.8 Å². The van der Waals surface area contributed by atoms with Crippen molar-refractivity contribution in [2.45, 2.75) is 6.42 Å². The molecule has 2 heterocycles. The highest BCUT2D eigenvalue weighted by Gasteiger charge is 2.14. The van der Waals surface area contributed by atoms with Gasteiger partial charge in [0, 0.05) is 20.6 Å². The molecule has 0 spiro atoms. The van der Waals surface area contributed by atoms with Crippen molar-refractivity contribution in [3.05, 3.63) is 69.8 Å². The second kappa shape index (κ2) is 6.78. The Balaban J connectivity index is 1.51. The summed E-state index contributed by atoms with van der Waals surface area (Å²) in [6.45, 7) is 0. The van der Waals surface area contributed by atoms with E-state index in [1.807, 2.05) is 36.4 Å². The number of aromatic nitrogens is 4. The number of halogens is 2. The summed E-state index contributed by atoms with van der Waals surface area (Å²) in [5.74, 6) is 1.74. The SMILES string of the molecule is Clc1ccc(-c2nnc(Cc3nc(-c4ccc(Br)cc4)no3)o2)cc1. The first kappa shape index (κ1) is 16.0. The average molecular weight is 418 g/mol. The molecule has 124 valence electrons. The van der Waals surface area contributed by atoms with E-state index < -0.39 is 0 Å². The molecule has 0 aliphatic carbocycles. The minimum atomic E-state index is 0.268. The van der Waals surface area contributed by atoms with Gasteiger partial charge < -0.3 is 8.94 Å². The van der Waals surface area contributed by atoms with Crippen LogP contribution in [0.15, 0.2) is 61.9 Å². The predicted molar refractivity (Wildman–Crippen MR) is 95.0 cm³/mol. The molecule has 0 saturated heterocycles. The Morgan fingerprint density at radius 2 is 1.60 bits per heavy atom. The van der Waals surface area contributed by atoms with Gasteiger partial charge in [0.1, 0.15) is 6.42 Å². The first-order valence-electron chi connectivity index (χ1n) is 7.34. The van der Waals surface area contributed by atoms with Gasteiger partial charge in [0.05, 0.1) is 0 Å². The third-order valence-electron chi connectivity index (χ3n) is 3.43. The van der Waals surface area contributed by atoms with E-state index in [0.717, 1.165) is 15.6 Å². The maximum Gasteiger partial charge on any atom is 0.247 e. The van der Waals surface area contributed by atoms with Gasteiger partial charge in [-0.2, -0.15) is 4.98 Å². The van der Waals surface area contributed by atoms with Crippen molar-refractivity contribution < 1.29 is 8.94 Å². The zero-order chi connectivity index (χ0) is 17.2. The molecule has 0 aliphatic rings. The lowest BCUT2D eigenvalue weighted by molar-refractivity contribution is 0.374. The minimum absolute atomic E-state index is 0.268. The summed E-state index contributed by atoms with van der Waals surface area (Å²) < 4.78 is 11.9. The fraction of sp³-hybridized carbons (Fsp3) is 0.0588. The van der Waals surface area contributed by atoms with E-state index in [1.165, 1.54) is 0 Å². The molecule has 0 unspecified atom stereocenters. The fourth-order valence-electron chi connectivity index (χ4n) is 2.21. The van der Waals surface area contributed by atoms with Crippen molar-refractivity contribution in [3.8, 4) is 22.8 Å². The number of rotatable bonds is 4. The summed E-state index contributed by atoms with van der Waals surface area (Å²) in [7, 11) is 0. The van der Waals surface area contributed by atoms with Gasteiger partial charge in [-0.3, -0.25) is 0 Å². The molecule has 6 nitrogen and oxygen atoms in total. The third kappa shape index (κ3) is 3.62. The normalized spacial score (nSPS) is 11.0. The molecule has 2 aromatic carbocycles. The summed E-state index contributed by atoms with van der Waals surface area (Å²) in [6.07, 6.45) is 0.268. The second-order valence-electron chi connectivity index (χ2n) is 5.20. The van der Waals surface area contributed by atoms with Crippen molar-refractivity contribution >= 4 is 27.5 Å². The number of benzene rings is 2. The fourth-order valence-corrected chi connectivity index (χ4v) is 2.60. The smallest absolute Gasteiger partial charge is 0.247 e. The quantitative estimate of drug-likeness (QED) is 0.475. The van der Waals surface area contributed by atoms with Crippen LogP contribution in [0, 0.1) is 0 Å². The first-order chi connectivity index (χ1) is 12.2. The van der Waals surface area contributed by atoms with Crippen molar-refractivity contribution in [2.24, 2.45) is 0 Å². The Labute approximate surface area is 156 Å². The highest BCUT2D eigenvalue weighted by molar-refractivity contribution is 9.10. The van der Waals surface area contributed by atoms with Crippen LogP contribution in [0.3, 0.4) is 0 Å². The minimum Gasteiger partial charge on any atom is -0.420 e. The molecule has 0 saturated carbocycles. The van der Waals surface area contributed by atoms with Crippen LogP contribution in [0.4, 0.5) is 0 Å². The third-order valence-corrected chi connectivity index (χ3v) is 4.21. The molecular weight excluding hydrogens is 408 g/mol. The Morgan fingerprint density at radius 1 is 0.880 bits per heavy atom. The van der Waals surface area contributed by atoms with Gasteiger partial charge in [0.15, 0.2) is 0 Å². The molecule has 0 atom stereocenters. The molecule has 0 N–H and O–H groups in total. The van der Waals surface area contributed by atoms with E-state index in [2.05, 4.69) is 36.3 Å². The lowest BCUT2D eigenvalue weighted by Crippen LogP contribution is -1.88. The molecule has 0 radical (unpaired) electrons. The van der Waals surface area contributed by atoms with Crippen LogP contribution in [0.1, 0.15) is 11.8 Å². The van der Waals surface area contributed by atoms with Crippen LogP contribution in [-0.4, -0.2) is 20.3 Å². The van der Waals surface area contributed by atoms with Crippen LogP contribution in [0.2, 0.25) is 5.02 Å². The Kier molecular flexibility index (Phi) is 4.33. The second-order valence-corrected chi connectivity index (χ2v) is 6.56. The zero-order valence-electron chi connectivity index (χ0n) is 12.7. The van der Waals surface area contributed by atoms with Crippen LogP contribution < -0.4 is 0 Å². The predicted octanol–water partition coefficient (Wildman–Crippen LogP) is 4.79. The molecule has 4 aromatic rings. The summed E-state index contributed by atoms with van der Waals surface area (Å²) in [4.78, 5) is 4.36. The molecule has 8 heteroatoms. The van der Waals surface area contributed by atoms with Crippen molar-refractivity contribution in [1.82, 2.24) is 20.3 Å². The number of nitrogens with zero attached hydrogens (tertiary/aromatic N) is 4. The maximum atomic E-state index is 5.88. The number of hydrogen-bond acceptors (Lipinski definition) is 6. The van der Waals surface area contributed by atoms with E-state index in [0.29, 0.717) is 28.5 Å². The topological polar surface area (TPSA) is 77.8 Å². The van der Waals surface area contributed by atoms with E-state index in [9.17, 15) is 0 Å². The first-order valence-corrected chi connectivity index (χ1v) is 8.51. The highest BCUT2D eigenvalue weighted by Crippen LogP contribution is 2.22. The Morgan fingerprint density at radius 3 is 2.36 bits per heavy atom. The molecular formula is C17H10BrClN4O2. The highest BCUT2D eigenvalue weighted by atomic mass is 79.9. The Bertz CT molecular complexity index is 914. The van der Waals surface area contributed by atoms with E-state index in [-0.39, 0.29) is 6.42 Å². The standard InChI is InChI=1S/C17H10BrClN4O2/c18-12-5-1-10(2-6-12)16-20-14(25-23-16)9-15-21-22-17(24-15)11-3-7-13(19)8-4-11/h1-8H,9H2. The Hall–Kier alpha value is -2.51. The van der Waals surface area contributed by atoms with Crippen LogP contribution in [-0.2, 0) is 6.42 Å². The van der Waals surface area contributed by atoms with Gasteiger partial charge in [0.25, 0.3) is 0 Å². The van der Waals surface area contributed by atoms with E-state index >= 15 is 0 Å². The van der Waals surface area contributed by atoms with Gasteiger partial charge in [-0.15, -0.1) is 10.2 Å². The van der Waals surface area contributed by atoms with Gasteiger partial charge in [-0.1, -0.05) is 32.7 Å². The van der Waals surface area contributed by atoms with Crippen molar-refractivity contribution in [3.63, 3.8) is 0 Å². The largest absolute Gasteiger partial charge is 0.420 e. The zero-order valence-corrected chi connectivity index (χ0v) is 15.0. The van der Waals surface area contributed by atoms with Crippen LogP contribution >= 0.6 is 27.5 Å². The van der Waals surface area contributed by atoms with Crippen LogP contribution in [0.5, 0.6) is 0 Å². The molecule has 0 bridgehead atoms. The lowest BCUT2D eigenvalue weighted by atomic mass is 10.2. The molecule has 0 amide bonds. The van der Waals surface area contributed by atoms with Gasteiger partial charge in [0.2, 0.25) is 23.5 Å². The van der Waals surface area contributed by atoms with E-state index in [4.69, 9.17) is 20.5 Å². The summed E-state index contributed by atoms with van der Waals surface area (Å²) in [6, 6.07) is 14.8. The van der Waals surface area contributed by atoms with Gasteiger partial charge in [-0.25, -0.2) is 0 Å².